The number of esters is 1. The summed E-state index contributed by atoms with van der Waals surface area (Å²) in [6, 6.07) is 11.3. The lowest BCUT2D eigenvalue weighted by Gasteiger charge is -2.33. The molecule has 3 rings (SSSR count). The number of rotatable bonds is 7. The van der Waals surface area contributed by atoms with Gasteiger partial charge in [-0.25, -0.2) is 13.2 Å². The third-order valence-corrected chi connectivity index (χ3v) is 6.83. The summed E-state index contributed by atoms with van der Waals surface area (Å²) in [6.45, 7) is -1.05. The number of hydrogen-bond acceptors (Lipinski definition) is 6. The first-order chi connectivity index (χ1) is 15.2. The highest BCUT2D eigenvalue weighted by atomic mass is 32.2. The van der Waals surface area contributed by atoms with Crippen molar-refractivity contribution in [2.24, 2.45) is 0 Å². The third-order valence-electron chi connectivity index (χ3n) is 4.94. The zero-order valence-corrected chi connectivity index (χ0v) is 18.1. The highest BCUT2D eigenvalue weighted by Crippen LogP contribution is 2.23. The summed E-state index contributed by atoms with van der Waals surface area (Å²) in [5.41, 5.74) is 0.244. The summed E-state index contributed by atoms with van der Waals surface area (Å²) < 4.78 is 61.8. The summed E-state index contributed by atoms with van der Waals surface area (Å²) in [5, 5.41) is 0. The zero-order chi connectivity index (χ0) is 23.3. The van der Waals surface area contributed by atoms with Gasteiger partial charge in [-0.3, -0.25) is 4.79 Å². The van der Waals surface area contributed by atoms with Crippen LogP contribution < -0.4 is 4.74 Å². The number of carbonyl (C=O) groups excluding carboxylic acids is 2. The van der Waals surface area contributed by atoms with Crippen molar-refractivity contribution in [3.63, 3.8) is 0 Å². The highest BCUT2D eigenvalue weighted by Gasteiger charge is 2.29. The molecular formula is C21H22F2N2O6S. The molecule has 1 aliphatic rings. The van der Waals surface area contributed by atoms with E-state index < -0.39 is 22.6 Å². The molecule has 1 heterocycles. The van der Waals surface area contributed by atoms with E-state index in [0.29, 0.717) is 0 Å². The average Bonchev–Trinajstić information content (AvgIpc) is 2.78. The number of para-hydroxylation sites is 1. The van der Waals surface area contributed by atoms with Crippen molar-refractivity contribution in [2.45, 2.75) is 25.0 Å². The van der Waals surface area contributed by atoms with Gasteiger partial charge in [0.2, 0.25) is 15.9 Å². The maximum absolute atomic E-state index is 12.9. The number of carbonyl (C=O) groups is 2. The molecule has 172 valence electrons. The van der Waals surface area contributed by atoms with Gasteiger partial charge < -0.3 is 14.4 Å². The third kappa shape index (κ3) is 5.60. The topological polar surface area (TPSA) is 93.2 Å². The number of amides is 1. The van der Waals surface area contributed by atoms with Gasteiger partial charge >= 0.3 is 12.6 Å². The molecule has 8 nitrogen and oxygen atoms in total. The summed E-state index contributed by atoms with van der Waals surface area (Å²) in [5.74, 6) is -1.04. The molecule has 2 aromatic carbocycles. The average molecular weight is 468 g/mol. The molecule has 0 N–H and O–H groups in total. The Morgan fingerprint density at radius 3 is 2.38 bits per heavy atom. The first kappa shape index (κ1) is 23.6. The van der Waals surface area contributed by atoms with Crippen molar-refractivity contribution in [2.75, 3.05) is 26.2 Å². The van der Waals surface area contributed by atoms with Crippen LogP contribution in [-0.4, -0.2) is 62.3 Å². The number of alkyl halides is 2. The van der Waals surface area contributed by atoms with Gasteiger partial charge in [-0.1, -0.05) is 24.3 Å². The standard InChI is InChI=1S/C21H22F2N2O6S/c1-15(26)24-9-11-25(12-10-24)32(28,29)18-7-4-6-16(13-18)20(27)30-14-17-5-2-3-8-19(17)31-21(22)23/h2-8,13,21H,9-12,14H2,1H3. The van der Waals surface area contributed by atoms with Crippen molar-refractivity contribution in [1.82, 2.24) is 9.21 Å². The van der Waals surface area contributed by atoms with Gasteiger partial charge in [-0.05, 0) is 24.3 Å². The predicted octanol–water partition coefficient (Wildman–Crippen LogP) is 2.50. The number of sulfonamides is 1. The van der Waals surface area contributed by atoms with Crippen molar-refractivity contribution in [3.05, 3.63) is 59.7 Å². The van der Waals surface area contributed by atoms with E-state index in [1.54, 1.807) is 11.0 Å². The van der Waals surface area contributed by atoms with Crippen molar-refractivity contribution >= 4 is 21.9 Å². The van der Waals surface area contributed by atoms with Crippen molar-refractivity contribution in [1.29, 1.82) is 0 Å². The molecular weight excluding hydrogens is 446 g/mol. The van der Waals surface area contributed by atoms with E-state index >= 15 is 0 Å². The highest BCUT2D eigenvalue weighted by molar-refractivity contribution is 7.89. The maximum atomic E-state index is 12.9. The lowest BCUT2D eigenvalue weighted by Crippen LogP contribution is -2.49. The van der Waals surface area contributed by atoms with Crippen LogP contribution in [0.2, 0.25) is 0 Å². The minimum atomic E-state index is -3.87. The van der Waals surface area contributed by atoms with E-state index in [0.717, 1.165) is 0 Å². The zero-order valence-electron chi connectivity index (χ0n) is 17.2. The molecule has 0 radical (unpaired) electrons. The van der Waals surface area contributed by atoms with Gasteiger partial charge in [0.1, 0.15) is 12.4 Å². The quantitative estimate of drug-likeness (QED) is 0.580. The smallest absolute Gasteiger partial charge is 0.387 e. The Hall–Kier alpha value is -3.05. The molecule has 1 fully saturated rings. The molecule has 0 aliphatic carbocycles. The molecule has 0 atom stereocenters. The Bertz CT molecular complexity index is 1090. The van der Waals surface area contributed by atoms with Crippen LogP contribution in [0.1, 0.15) is 22.8 Å². The molecule has 0 spiro atoms. The number of nitrogens with zero attached hydrogens (tertiary/aromatic N) is 2. The summed E-state index contributed by atoms with van der Waals surface area (Å²) >= 11 is 0. The molecule has 32 heavy (non-hydrogen) atoms. The van der Waals surface area contributed by atoms with Gasteiger partial charge in [-0.15, -0.1) is 0 Å². The molecule has 0 unspecified atom stereocenters. The fourth-order valence-electron chi connectivity index (χ4n) is 3.24. The van der Waals surface area contributed by atoms with Crippen molar-refractivity contribution < 1.29 is 36.3 Å². The summed E-state index contributed by atoms with van der Waals surface area (Å²) in [7, 11) is -3.87. The van der Waals surface area contributed by atoms with Crippen LogP contribution in [-0.2, 0) is 26.2 Å². The second kappa shape index (κ2) is 10.0. The summed E-state index contributed by atoms with van der Waals surface area (Å²) in [4.78, 5) is 25.4. The Balaban J connectivity index is 1.69. The second-order valence-corrected chi connectivity index (χ2v) is 8.94. The molecule has 1 saturated heterocycles. The van der Waals surface area contributed by atoms with Crippen LogP contribution in [0.25, 0.3) is 0 Å². The van der Waals surface area contributed by atoms with Crippen LogP contribution in [0.15, 0.2) is 53.4 Å². The number of halogens is 2. The molecule has 11 heteroatoms. The van der Waals surface area contributed by atoms with Crippen molar-refractivity contribution in [3.8, 4) is 5.75 Å². The Morgan fingerprint density at radius 1 is 1.03 bits per heavy atom. The lowest BCUT2D eigenvalue weighted by atomic mass is 10.2. The van der Waals surface area contributed by atoms with E-state index in [4.69, 9.17) is 4.74 Å². The summed E-state index contributed by atoms with van der Waals surface area (Å²) in [6.07, 6.45) is 0. The van der Waals surface area contributed by atoms with Crippen LogP contribution in [0.5, 0.6) is 5.75 Å². The van der Waals surface area contributed by atoms with E-state index in [1.807, 2.05) is 0 Å². The fourth-order valence-corrected chi connectivity index (χ4v) is 4.71. The Morgan fingerprint density at radius 2 is 1.72 bits per heavy atom. The first-order valence-electron chi connectivity index (χ1n) is 9.74. The van der Waals surface area contributed by atoms with E-state index in [1.165, 1.54) is 53.7 Å². The van der Waals surface area contributed by atoms with Gasteiger partial charge in [-0.2, -0.15) is 13.1 Å². The van der Waals surface area contributed by atoms with Crippen LogP contribution >= 0.6 is 0 Å². The first-order valence-corrected chi connectivity index (χ1v) is 11.2. The number of ether oxygens (including phenoxy) is 2. The van der Waals surface area contributed by atoms with Crippen LogP contribution in [0.4, 0.5) is 8.78 Å². The van der Waals surface area contributed by atoms with Gasteiger partial charge in [0.05, 0.1) is 10.5 Å². The molecule has 0 saturated carbocycles. The lowest BCUT2D eigenvalue weighted by molar-refractivity contribution is -0.129. The normalized spacial score (nSPS) is 14.9. The second-order valence-electron chi connectivity index (χ2n) is 7.00. The van der Waals surface area contributed by atoms with Crippen LogP contribution in [0.3, 0.4) is 0 Å². The monoisotopic (exact) mass is 468 g/mol. The Kier molecular flexibility index (Phi) is 7.41. The molecule has 2 aromatic rings. The molecule has 1 aliphatic heterocycles. The SMILES string of the molecule is CC(=O)N1CCN(S(=O)(=O)c2cccc(C(=O)OCc3ccccc3OC(F)F)c2)CC1. The maximum Gasteiger partial charge on any atom is 0.387 e. The van der Waals surface area contributed by atoms with Gasteiger partial charge in [0, 0.05) is 38.7 Å². The van der Waals surface area contributed by atoms with E-state index in [2.05, 4.69) is 4.74 Å². The van der Waals surface area contributed by atoms with Crippen LogP contribution in [0, 0.1) is 0 Å². The minimum absolute atomic E-state index is 0.000654. The Labute approximate surface area is 184 Å². The number of hydrogen-bond donors (Lipinski definition) is 0. The number of piperazine rings is 1. The van der Waals surface area contributed by atoms with Gasteiger partial charge in [0.25, 0.3) is 0 Å². The minimum Gasteiger partial charge on any atom is -0.457 e. The van der Waals surface area contributed by atoms with E-state index in [-0.39, 0.29) is 60.5 Å². The molecule has 0 bridgehead atoms. The van der Waals surface area contributed by atoms with E-state index in [9.17, 15) is 26.8 Å². The predicted molar refractivity (Wildman–Crippen MR) is 110 cm³/mol. The largest absolute Gasteiger partial charge is 0.457 e. The van der Waals surface area contributed by atoms with Gasteiger partial charge in [0.15, 0.2) is 0 Å². The number of benzene rings is 2. The molecule has 1 amide bonds. The fraction of sp³-hybridized carbons (Fsp3) is 0.333. The molecule has 0 aromatic heterocycles.